The number of para-hydroxylation sites is 1. The molecular weight excluding hydrogens is 348 g/mol. The highest BCUT2D eigenvalue weighted by Crippen LogP contribution is 2.27. The Balaban J connectivity index is 1.29. The third-order valence-corrected chi connectivity index (χ3v) is 4.82. The number of fused-ring (bicyclic) bond motifs is 1. The molecule has 1 N–H and O–H groups in total. The zero-order valence-corrected chi connectivity index (χ0v) is 15.1. The van der Waals surface area contributed by atoms with Crippen LogP contribution in [-0.4, -0.2) is 15.7 Å². The number of nitrogens with zero attached hydrogens (tertiary/aromatic N) is 3. The van der Waals surface area contributed by atoms with Crippen LogP contribution in [0.15, 0.2) is 90.3 Å². The third kappa shape index (κ3) is 3.30. The average molecular weight is 366 g/mol. The lowest BCUT2D eigenvalue weighted by Gasteiger charge is -2.11. The van der Waals surface area contributed by atoms with Gasteiger partial charge in [-0.1, -0.05) is 24.3 Å². The molecule has 1 unspecified atom stereocenters. The smallest absolute Gasteiger partial charge is 0.127 e. The lowest BCUT2D eigenvalue weighted by atomic mass is 9.99. The molecule has 0 spiro atoms. The van der Waals surface area contributed by atoms with Crippen LogP contribution in [-0.2, 0) is 0 Å². The first-order chi connectivity index (χ1) is 13.8. The van der Waals surface area contributed by atoms with E-state index < -0.39 is 0 Å². The quantitative estimate of drug-likeness (QED) is 0.560. The summed E-state index contributed by atoms with van der Waals surface area (Å²) in [5.41, 5.74) is 8.35. The van der Waals surface area contributed by atoms with Gasteiger partial charge in [-0.05, 0) is 59.7 Å². The first kappa shape index (κ1) is 16.4. The van der Waals surface area contributed by atoms with Crippen LogP contribution in [0.25, 0.3) is 11.0 Å². The van der Waals surface area contributed by atoms with Crippen molar-refractivity contribution < 1.29 is 4.74 Å². The minimum atomic E-state index is 0.140. The van der Waals surface area contributed by atoms with Crippen molar-refractivity contribution in [3.63, 3.8) is 0 Å². The van der Waals surface area contributed by atoms with Crippen molar-refractivity contribution in [3.8, 4) is 11.5 Å². The molecular formula is C23H18N4O. The minimum Gasteiger partial charge on any atom is -0.457 e. The summed E-state index contributed by atoms with van der Waals surface area (Å²) < 4.78 is 5.86. The molecule has 1 aromatic heterocycles. The van der Waals surface area contributed by atoms with E-state index in [0.29, 0.717) is 0 Å². The molecule has 0 saturated heterocycles. The van der Waals surface area contributed by atoms with Crippen LogP contribution in [0, 0.1) is 0 Å². The summed E-state index contributed by atoms with van der Waals surface area (Å²) in [6.07, 6.45) is 4.25. The summed E-state index contributed by atoms with van der Waals surface area (Å²) in [5.74, 6) is 1.64. The fourth-order valence-electron chi connectivity index (χ4n) is 3.35. The van der Waals surface area contributed by atoms with Gasteiger partial charge in [0.2, 0.25) is 0 Å². The molecule has 0 bridgehead atoms. The molecule has 28 heavy (non-hydrogen) atoms. The molecule has 5 rings (SSSR count). The van der Waals surface area contributed by atoms with Gasteiger partial charge in [-0.2, -0.15) is 5.10 Å². The van der Waals surface area contributed by atoms with Gasteiger partial charge in [-0.3, -0.25) is 9.97 Å². The minimum absolute atomic E-state index is 0.140. The molecule has 4 aromatic rings. The zero-order valence-electron chi connectivity index (χ0n) is 15.1. The number of hydrazone groups is 1. The standard InChI is InChI=1S/C23H18N4O/c1-2-4-18(5-3-1)28-19-9-6-16(7-10-19)21-15-22(27-26-21)17-8-11-20-23(14-17)25-13-12-24-20/h1-14,22,27H,15H2. The molecule has 1 atom stereocenters. The summed E-state index contributed by atoms with van der Waals surface area (Å²) in [6.45, 7) is 0. The predicted octanol–water partition coefficient (Wildman–Crippen LogP) is 4.86. The molecule has 5 nitrogen and oxygen atoms in total. The zero-order chi connectivity index (χ0) is 18.8. The van der Waals surface area contributed by atoms with Gasteiger partial charge >= 0.3 is 0 Å². The van der Waals surface area contributed by atoms with Crippen LogP contribution in [0.2, 0.25) is 0 Å². The molecule has 1 aliphatic rings. The number of benzene rings is 3. The summed E-state index contributed by atoms with van der Waals surface area (Å²) in [4.78, 5) is 8.72. The lowest BCUT2D eigenvalue weighted by molar-refractivity contribution is 0.482. The Bertz CT molecular complexity index is 1140. The van der Waals surface area contributed by atoms with Gasteiger partial charge in [0, 0.05) is 18.8 Å². The first-order valence-electron chi connectivity index (χ1n) is 9.21. The molecule has 1 aliphatic heterocycles. The van der Waals surface area contributed by atoms with E-state index in [2.05, 4.69) is 32.6 Å². The number of rotatable bonds is 4. The van der Waals surface area contributed by atoms with Crippen LogP contribution in [0.1, 0.15) is 23.6 Å². The second-order valence-electron chi connectivity index (χ2n) is 6.69. The monoisotopic (exact) mass is 366 g/mol. The van der Waals surface area contributed by atoms with E-state index in [1.165, 1.54) is 0 Å². The Hall–Kier alpha value is -3.73. The molecule has 136 valence electrons. The maximum absolute atomic E-state index is 5.86. The molecule has 0 amide bonds. The Morgan fingerprint density at radius 1 is 0.786 bits per heavy atom. The highest BCUT2D eigenvalue weighted by molar-refractivity contribution is 6.02. The molecule has 3 aromatic carbocycles. The summed E-state index contributed by atoms with van der Waals surface area (Å²) in [7, 11) is 0. The van der Waals surface area contributed by atoms with E-state index in [4.69, 9.17) is 4.74 Å². The first-order valence-corrected chi connectivity index (χ1v) is 9.21. The Morgan fingerprint density at radius 2 is 1.54 bits per heavy atom. The third-order valence-electron chi connectivity index (χ3n) is 4.82. The van der Waals surface area contributed by atoms with Crippen molar-refractivity contribution in [2.45, 2.75) is 12.5 Å². The largest absolute Gasteiger partial charge is 0.457 e. The molecule has 5 heteroatoms. The molecule has 0 saturated carbocycles. The number of hydrogen-bond donors (Lipinski definition) is 1. The highest BCUT2D eigenvalue weighted by Gasteiger charge is 2.21. The van der Waals surface area contributed by atoms with Gasteiger partial charge in [-0.15, -0.1) is 0 Å². The Labute approximate surface area is 162 Å². The van der Waals surface area contributed by atoms with Gasteiger partial charge in [0.15, 0.2) is 0 Å². The van der Waals surface area contributed by atoms with Crippen molar-refractivity contribution >= 4 is 16.7 Å². The SMILES string of the molecule is c1ccc(Oc2ccc(C3=NNC(c4ccc5nccnc5c4)C3)cc2)cc1. The Morgan fingerprint density at radius 3 is 2.36 bits per heavy atom. The van der Waals surface area contributed by atoms with Crippen molar-refractivity contribution in [2.75, 3.05) is 0 Å². The van der Waals surface area contributed by atoms with Crippen LogP contribution in [0.3, 0.4) is 0 Å². The van der Waals surface area contributed by atoms with Gasteiger partial charge in [0.05, 0.1) is 22.8 Å². The van der Waals surface area contributed by atoms with Crippen LogP contribution >= 0.6 is 0 Å². The predicted molar refractivity (Wildman–Crippen MR) is 110 cm³/mol. The molecule has 0 fully saturated rings. The fourth-order valence-corrected chi connectivity index (χ4v) is 3.35. The second kappa shape index (κ2) is 7.12. The van der Waals surface area contributed by atoms with E-state index in [0.717, 1.165) is 45.8 Å². The molecule has 2 heterocycles. The van der Waals surface area contributed by atoms with Crippen LogP contribution in [0.4, 0.5) is 0 Å². The van der Waals surface area contributed by atoms with E-state index in [-0.39, 0.29) is 6.04 Å². The van der Waals surface area contributed by atoms with Gasteiger partial charge in [-0.25, -0.2) is 0 Å². The average Bonchev–Trinajstić information content (AvgIpc) is 3.25. The van der Waals surface area contributed by atoms with Gasteiger partial charge < -0.3 is 10.2 Å². The maximum atomic E-state index is 5.86. The normalized spacial score (nSPS) is 15.9. The summed E-state index contributed by atoms with van der Waals surface area (Å²) in [5, 5.41) is 4.55. The van der Waals surface area contributed by atoms with Crippen molar-refractivity contribution in [1.29, 1.82) is 0 Å². The highest BCUT2D eigenvalue weighted by atomic mass is 16.5. The fraction of sp³-hybridized carbons (Fsp3) is 0.0870. The lowest BCUT2D eigenvalue weighted by Crippen LogP contribution is -2.10. The van der Waals surface area contributed by atoms with Crippen molar-refractivity contribution in [3.05, 3.63) is 96.3 Å². The summed E-state index contributed by atoms with van der Waals surface area (Å²) >= 11 is 0. The van der Waals surface area contributed by atoms with E-state index >= 15 is 0 Å². The van der Waals surface area contributed by atoms with Gasteiger partial charge in [0.1, 0.15) is 11.5 Å². The maximum Gasteiger partial charge on any atom is 0.127 e. The van der Waals surface area contributed by atoms with Crippen LogP contribution < -0.4 is 10.2 Å². The number of aromatic nitrogens is 2. The molecule has 0 radical (unpaired) electrons. The topological polar surface area (TPSA) is 59.4 Å². The van der Waals surface area contributed by atoms with Crippen LogP contribution in [0.5, 0.6) is 11.5 Å². The van der Waals surface area contributed by atoms with E-state index in [1.54, 1.807) is 12.4 Å². The number of ether oxygens (including phenoxy) is 1. The van der Waals surface area contributed by atoms with E-state index in [9.17, 15) is 0 Å². The van der Waals surface area contributed by atoms with Gasteiger partial charge in [0.25, 0.3) is 0 Å². The van der Waals surface area contributed by atoms with E-state index in [1.807, 2.05) is 60.7 Å². The second-order valence-corrected chi connectivity index (χ2v) is 6.69. The Kier molecular flexibility index (Phi) is 4.18. The summed E-state index contributed by atoms with van der Waals surface area (Å²) in [6, 6.07) is 24.1. The number of nitrogens with one attached hydrogen (secondary N) is 1. The van der Waals surface area contributed by atoms with Crippen molar-refractivity contribution in [2.24, 2.45) is 5.10 Å². The molecule has 0 aliphatic carbocycles. The number of hydrogen-bond acceptors (Lipinski definition) is 5. The van der Waals surface area contributed by atoms with Crippen molar-refractivity contribution in [1.82, 2.24) is 15.4 Å².